The molecule has 1 fully saturated rings. The SMILES string of the molecule is COc1ccc(Nc2cc(C3CCN(C(=O)OC(C)(C)C)C3)cn3ncnc23)nn1. The van der Waals surface area contributed by atoms with Crippen molar-refractivity contribution in [2.24, 2.45) is 0 Å². The van der Waals surface area contributed by atoms with Crippen LogP contribution in [0.25, 0.3) is 5.65 Å². The Morgan fingerprint density at radius 2 is 2.10 bits per heavy atom. The Balaban J connectivity index is 1.56. The van der Waals surface area contributed by atoms with E-state index in [0.717, 1.165) is 17.7 Å². The van der Waals surface area contributed by atoms with E-state index in [1.165, 1.54) is 6.33 Å². The average molecular weight is 411 g/mol. The highest BCUT2D eigenvalue weighted by molar-refractivity contribution is 5.73. The number of hydrogen-bond donors (Lipinski definition) is 1. The Kier molecular flexibility index (Phi) is 5.15. The molecule has 1 amide bonds. The Bertz CT molecular complexity index is 1040. The summed E-state index contributed by atoms with van der Waals surface area (Å²) in [5.41, 5.74) is 1.99. The van der Waals surface area contributed by atoms with E-state index in [1.807, 2.05) is 33.0 Å². The predicted molar refractivity (Wildman–Crippen MR) is 110 cm³/mol. The van der Waals surface area contributed by atoms with Crippen LogP contribution in [0.15, 0.2) is 30.7 Å². The van der Waals surface area contributed by atoms with Crippen LogP contribution in [0.5, 0.6) is 5.88 Å². The van der Waals surface area contributed by atoms with E-state index < -0.39 is 5.60 Å². The minimum atomic E-state index is -0.509. The van der Waals surface area contributed by atoms with E-state index in [-0.39, 0.29) is 12.0 Å². The Labute approximate surface area is 174 Å². The molecule has 30 heavy (non-hydrogen) atoms. The number of carbonyl (C=O) groups excluding carboxylic acids is 1. The maximum Gasteiger partial charge on any atom is 0.410 e. The molecule has 0 aromatic carbocycles. The number of nitrogens with one attached hydrogen (secondary N) is 1. The third-order valence-electron chi connectivity index (χ3n) is 4.82. The van der Waals surface area contributed by atoms with Gasteiger partial charge < -0.3 is 19.7 Å². The first-order valence-electron chi connectivity index (χ1n) is 9.78. The summed E-state index contributed by atoms with van der Waals surface area (Å²) in [7, 11) is 1.54. The molecule has 158 valence electrons. The van der Waals surface area contributed by atoms with Crippen LogP contribution in [0, 0.1) is 0 Å². The molecule has 1 saturated heterocycles. The van der Waals surface area contributed by atoms with Crippen LogP contribution >= 0.6 is 0 Å². The van der Waals surface area contributed by atoms with Crippen molar-refractivity contribution >= 4 is 23.2 Å². The van der Waals surface area contributed by atoms with E-state index >= 15 is 0 Å². The zero-order chi connectivity index (χ0) is 21.3. The fraction of sp³-hybridized carbons (Fsp3) is 0.450. The first-order valence-corrected chi connectivity index (χ1v) is 9.78. The van der Waals surface area contributed by atoms with Crippen LogP contribution in [-0.2, 0) is 4.74 Å². The number of amides is 1. The minimum absolute atomic E-state index is 0.175. The molecule has 3 aromatic heterocycles. The van der Waals surface area contributed by atoms with Crippen LogP contribution < -0.4 is 10.1 Å². The summed E-state index contributed by atoms with van der Waals surface area (Å²) in [5, 5.41) is 15.6. The quantitative estimate of drug-likeness (QED) is 0.698. The van der Waals surface area contributed by atoms with Crippen molar-refractivity contribution in [2.45, 2.75) is 38.7 Å². The van der Waals surface area contributed by atoms with Gasteiger partial charge in [0.25, 0.3) is 0 Å². The molecular formula is C20H25N7O3. The van der Waals surface area contributed by atoms with Gasteiger partial charge in [-0.1, -0.05) is 0 Å². The molecule has 1 N–H and O–H groups in total. The lowest BCUT2D eigenvalue weighted by molar-refractivity contribution is 0.0292. The van der Waals surface area contributed by atoms with E-state index in [1.54, 1.807) is 28.7 Å². The van der Waals surface area contributed by atoms with Crippen molar-refractivity contribution < 1.29 is 14.3 Å². The van der Waals surface area contributed by atoms with Crippen molar-refractivity contribution in [1.29, 1.82) is 0 Å². The molecule has 1 atom stereocenters. The zero-order valence-corrected chi connectivity index (χ0v) is 17.5. The highest BCUT2D eigenvalue weighted by atomic mass is 16.6. The second kappa shape index (κ2) is 7.77. The highest BCUT2D eigenvalue weighted by Crippen LogP contribution is 2.31. The molecule has 0 saturated carbocycles. The fourth-order valence-electron chi connectivity index (χ4n) is 3.42. The largest absolute Gasteiger partial charge is 0.480 e. The van der Waals surface area contributed by atoms with Gasteiger partial charge in [0.15, 0.2) is 11.5 Å². The number of hydrogen-bond acceptors (Lipinski definition) is 8. The molecule has 0 bridgehead atoms. The molecule has 10 nitrogen and oxygen atoms in total. The van der Waals surface area contributed by atoms with Gasteiger partial charge in [-0.3, -0.25) is 0 Å². The molecule has 0 radical (unpaired) electrons. The number of rotatable bonds is 4. The first kappa shape index (κ1) is 19.9. The van der Waals surface area contributed by atoms with E-state index in [0.29, 0.717) is 30.4 Å². The molecule has 0 spiro atoms. The van der Waals surface area contributed by atoms with Crippen molar-refractivity contribution in [1.82, 2.24) is 29.7 Å². The summed E-state index contributed by atoms with van der Waals surface area (Å²) < 4.78 is 12.3. The van der Waals surface area contributed by atoms with Crippen LogP contribution in [0.3, 0.4) is 0 Å². The lowest BCUT2D eigenvalue weighted by Crippen LogP contribution is -2.35. The van der Waals surface area contributed by atoms with Gasteiger partial charge >= 0.3 is 6.09 Å². The van der Waals surface area contributed by atoms with Crippen LogP contribution in [0.2, 0.25) is 0 Å². The van der Waals surface area contributed by atoms with Gasteiger partial charge in [0, 0.05) is 31.3 Å². The minimum Gasteiger partial charge on any atom is -0.480 e. The summed E-state index contributed by atoms with van der Waals surface area (Å²) in [6.07, 6.45) is 4.03. The number of aromatic nitrogens is 5. The molecule has 4 heterocycles. The van der Waals surface area contributed by atoms with Gasteiger partial charge in [-0.2, -0.15) is 5.10 Å². The molecule has 1 aliphatic heterocycles. The van der Waals surface area contributed by atoms with Gasteiger partial charge in [-0.05, 0) is 44.9 Å². The van der Waals surface area contributed by atoms with Gasteiger partial charge in [-0.15, -0.1) is 10.2 Å². The standard InChI is InChI=1S/C20H25N7O3/c1-20(2,3)30-19(28)26-8-7-13(10-26)14-9-15(18-21-12-22-27(18)11-14)23-16-5-6-17(29-4)25-24-16/h5-6,9,11-13H,7-8,10H2,1-4H3,(H,23,24). The molecule has 4 rings (SSSR count). The summed E-state index contributed by atoms with van der Waals surface area (Å²) in [5.74, 6) is 1.18. The Morgan fingerprint density at radius 1 is 1.27 bits per heavy atom. The smallest absolute Gasteiger partial charge is 0.410 e. The Hall–Kier alpha value is -3.43. The number of pyridine rings is 1. The number of methoxy groups -OCH3 is 1. The summed E-state index contributed by atoms with van der Waals surface area (Å²) in [6.45, 7) is 6.86. The zero-order valence-electron chi connectivity index (χ0n) is 17.5. The molecule has 1 aliphatic rings. The number of likely N-dealkylation sites (tertiary alicyclic amines) is 1. The van der Waals surface area contributed by atoms with E-state index in [4.69, 9.17) is 9.47 Å². The lowest BCUT2D eigenvalue weighted by atomic mass is 10.00. The third kappa shape index (κ3) is 4.27. The van der Waals surface area contributed by atoms with Crippen molar-refractivity contribution in [3.63, 3.8) is 0 Å². The molecule has 1 unspecified atom stereocenters. The van der Waals surface area contributed by atoms with E-state index in [9.17, 15) is 4.79 Å². The first-order chi connectivity index (χ1) is 14.3. The topological polar surface area (TPSA) is 107 Å². The second-order valence-corrected chi connectivity index (χ2v) is 8.21. The maximum atomic E-state index is 12.4. The van der Waals surface area contributed by atoms with Crippen molar-refractivity contribution in [3.05, 3.63) is 36.3 Å². The summed E-state index contributed by atoms with van der Waals surface area (Å²) in [6, 6.07) is 5.54. The van der Waals surface area contributed by atoms with Crippen molar-refractivity contribution in [3.8, 4) is 5.88 Å². The fourth-order valence-corrected chi connectivity index (χ4v) is 3.42. The third-order valence-corrected chi connectivity index (χ3v) is 4.82. The van der Waals surface area contributed by atoms with Crippen LogP contribution in [0.4, 0.5) is 16.3 Å². The number of ether oxygens (including phenoxy) is 2. The van der Waals surface area contributed by atoms with Crippen molar-refractivity contribution in [2.75, 3.05) is 25.5 Å². The molecule has 0 aliphatic carbocycles. The number of anilines is 2. The van der Waals surface area contributed by atoms with Crippen LogP contribution in [-0.4, -0.2) is 61.6 Å². The summed E-state index contributed by atoms with van der Waals surface area (Å²) >= 11 is 0. The van der Waals surface area contributed by atoms with Crippen LogP contribution in [0.1, 0.15) is 38.7 Å². The lowest BCUT2D eigenvalue weighted by Gasteiger charge is -2.24. The molecule has 3 aromatic rings. The predicted octanol–water partition coefficient (Wildman–Crippen LogP) is 3.00. The second-order valence-electron chi connectivity index (χ2n) is 8.21. The normalized spacial score (nSPS) is 16.7. The Morgan fingerprint density at radius 3 is 2.80 bits per heavy atom. The summed E-state index contributed by atoms with van der Waals surface area (Å²) in [4.78, 5) is 18.5. The van der Waals surface area contributed by atoms with Gasteiger partial charge in [0.05, 0.1) is 12.8 Å². The highest BCUT2D eigenvalue weighted by Gasteiger charge is 2.31. The number of fused-ring (bicyclic) bond motifs is 1. The molecule has 10 heteroatoms. The maximum absolute atomic E-state index is 12.4. The number of carbonyl (C=O) groups is 1. The number of nitrogens with zero attached hydrogens (tertiary/aromatic N) is 6. The molecular weight excluding hydrogens is 386 g/mol. The van der Waals surface area contributed by atoms with Gasteiger partial charge in [0.1, 0.15) is 11.9 Å². The monoisotopic (exact) mass is 411 g/mol. The van der Waals surface area contributed by atoms with E-state index in [2.05, 4.69) is 25.6 Å². The van der Waals surface area contributed by atoms with Gasteiger partial charge in [0.2, 0.25) is 5.88 Å². The van der Waals surface area contributed by atoms with Gasteiger partial charge in [-0.25, -0.2) is 14.3 Å². The average Bonchev–Trinajstić information content (AvgIpc) is 3.37.